The average Bonchev–Trinajstić information content (AvgIpc) is 2.48. The van der Waals surface area contributed by atoms with E-state index in [1.165, 1.54) is 0 Å². The summed E-state index contributed by atoms with van der Waals surface area (Å²) in [5.74, 6) is 0.578. The van der Waals surface area contributed by atoms with Gasteiger partial charge >= 0.3 is 0 Å². The molecule has 0 radical (unpaired) electrons. The fraction of sp³-hybridized carbons (Fsp3) is 0.429. The normalized spacial score (nSPS) is 19.9. The van der Waals surface area contributed by atoms with Crippen molar-refractivity contribution >= 4 is 11.8 Å². The lowest BCUT2D eigenvalue weighted by Crippen LogP contribution is -2.58. The van der Waals surface area contributed by atoms with Crippen LogP contribution in [0.25, 0.3) is 0 Å². The van der Waals surface area contributed by atoms with E-state index in [1.807, 2.05) is 31.2 Å². The van der Waals surface area contributed by atoms with Gasteiger partial charge in [-0.15, -0.1) is 0 Å². The molecular weight excluding hydrogens is 258 g/mol. The Hall–Kier alpha value is -2.08. The van der Waals surface area contributed by atoms with Crippen LogP contribution in [0.4, 0.5) is 0 Å². The number of amides is 2. The highest BCUT2D eigenvalue weighted by Crippen LogP contribution is 2.17. The van der Waals surface area contributed by atoms with E-state index >= 15 is 0 Å². The molecule has 1 aromatic carbocycles. The highest BCUT2D eigenvalue weighted by Gasteiger charge is 2.24. The van der Waals surface area contributed by atoms with Crippen LogP contribution in [0, 0.1) is 0 Å². The molecule has 1 aliphatic rings. The van der Waals surface area contributed by atoms with Crippen molar-refractivity contribution in [1.29, 1.82) is 0 Å². The van der Waals surface area contributed by atoms with Gasteiger partial charge in [0.1, 0.15) is 11.8 Å². The zero-order valence-corrected chi connectivity index (χ0v) is 11.6. The predicted molar refractivity (Wildman–Crippen MR) is 74.4 cm³/mol. The maximum atomic E-state index is 12.1. The zero-order chi connectivity index (χ0) is 14.5. The first-order valence-electron chi connectivity index (χ1n) is 6.54. The van der Waals surface area contributed by atoms with Gasteiger partial charge in [0.15, 0.2) is 0 Å². The smallest absolute Gasteiger partial charge is 0.239 e. The Morgan fingerprint density at radius 3 is 2.65 bits per heavy atom. The standard InChI is InChI=1S/C14H19N3O3/c1-9(10-3-5-11(20-2)6-4-10)17-14(19)12-7-16-13(18)8-15-12/h3-6,9,12,15H,7-8H2,1-2H3,(H,16,18)(H,17,19)/t9-,12?/m1/s1. The van der Waals surface area contributed by atoms with Crippen LogP contribution in [0.5, 0.6) is 5.75 Å². The number of hydrogen-bond acceptors (Lipinski definition) is 4. The van der Waals surface area contributed by atoms with Crippen molar-refractivity contribution in [3.63, 3.8) is 0 Å². The predicted octanol–water partition coefficient (Wildman–Crippen LogP) is -0.0396. The number of nitrogens with one attached hydrogen (secondary N) is 3. The van der Waals surface area contributed by atoms with Crippen molar-refractivity contribution in [2.24, 2.45) is 0 Å². The molecule has 0 bridgehead atoms. The molecule has 1 saturated heterocycles. The van der Waals surface area contributed by atoms with Gasteiger partial charge in [-0.25, -0.2) is 0 Å². The van der Waals surface area contributed by atoms with Gasteiger partial charge in [0.2, 0.25) is 11.8 Å². The van der Waals surface area contributed by atoms with Crippen molar-refractivity contribution < 1.29 is 14.3 Å². The van der Waals surface area contributed by atoms with Crippen molar-refractivity contribution in [3.05, 3.63) is 29.8 Å². The van der Waals surface area contributed by atoms with Crippen LogP contribution in [0.3, 0.4) is 0 Å². The lowest BCUT2D eigenvalue weighted by atomic mass is 10.1. The lowest BCUT2D eigenvalue weighted by Gasteiger charge is -2.25. The van der Waals surface area contributed by atoms with Gasteiger partial charge in [0, 0.05) is 6.54 Å². The van der Waals surface area contributed by atoms with Crippen molar-refractivity contribution in [2.75, 3.05) is 20.2 Å². The summed E-state index contributed by atoms with van der Waals surface area (Å²) < 4.78 is 5.10. The number of carbonyl (C=O) groups excluding carboxylic acids is 2. The lowest BCUT2D eigenvalue weighted by molar-refractivity contribution is -0.127. The maximum absolute atomic E-state index is 12.1. The molecule has 0 aliphatic carbocycles. The second-order valence-electron chi connectivity index (χ2n) is 4.74. The van der Waals surface area contributed by atoms with Gasteiger partial charge < -0.3 is 15.4 Å². The summed E-state index contributed by atoms with van der Waals surface area (Å²) in [7, 11) is 1.61. The van der Waals surface area contributed by atoms with E-state index in [0.717, 1.165) is 11.3 Å². The SMILES string of the molecule is COc1ccc([C@@H](C)NC(=O)C2CNC(=O)CN2)cc1. The van der Waals surface area contributed by atoms with Crippen LogP contribution in [0.1, 0.15) is 18.5 Å². The first-order chi connectivity index (χ1) is 9.60. The Morgan fingerprint density at radius 1 is 1.40 bits per heavy atom. The van der Waals surface area contributed by atoms with Crippen molar-refractivity contribution in [3.8, 4) is 5.75 Å². The Labute approximate surface area is 117 Å². The molecule has 1 aliphatic heterocycles. The quantitative estimate of drug-likeness (QED) is 0.721. The molecule has 0 spiro atoms. The Kier molecular flexibility index (Phi) is 4.57. The minimum absolute atomic E-state index is 0.0859. The Bertz CT molecular complexity index is 477. The second kappa shape index (κ2) is 6.38. The van der Waals surface area contributed by atoms with Crippen LogP contribution in [-0.4, -0.2) is 38.1 Å². The molecule has 0 aromatic heterocycles. The Balaban J connectivity index is 1.91. The third-order valence-electron chi connectivity index (χ3n) is 3.30. The summed E-state index contributed by atoms with van der Waals surface area (Å²) in [5, 5.41) is 8.49. The van der Waals surface area contributed by atoms with E-state index in [2.05, 4.69) is 16.0 Å². The summed E-state index contributed by atoms with van der Waals surface area (Å²) in [5.41, 5.74) is 0.999. The highest BCUT2D eigenvalue weighted by molar-refractivity contribution is 5.86. The molecule has 1 unspecified atom stereocenters. The van der Waals surface area contributed by atoms with Gasteiger partial charge in [0.05, 0.1) is 19.7 Å². The second-order valence-corrected chi connectivity index (χ2v) is 4.74. The molecule has 0 saturated carbocycles. The van der Waals surface area contributed by atoms with Gasteiger partial charge in [-0.05, 0) is 24.6 Å². The highest BCUT2D eigenvalue weighted by atomic mass is 16.5. The summed E-state index contributed by atoms with van der Waals surface area (Å²) >= 11 is 0. The summed E-state index contributed by atoms with van der Waals surface area (Å²) in [6.45, 7) is 2.41. The largest absolute Gasteiger partial charge is 0.497 e. The maximum Gasteiger partial charge on any atom is 0.239 e. The van der Waals surface area contributed by atoms with Gasteiger partial charge in [0.25, 0.3) is 0 Å². The third kappa shape index (κ3) is 3.48. The van der Waals surface area contributed by atoms with E-state index in [4.69, 9.17) is 4.74 Å². The molecular formula is C14H19N3O3. The van der Waals surface area contributed by atoms with Crippen molar-refractivity contribution in [1.82, 2.24) is 16.0 Å². The molecule has 1 aromatic rings. The fourth-order valence-corrected chi connectivity index (χ4v) is 2.04. The van der Waals surface area contributed by atoms with Gasteiger partial charge in [-0.2, -0.15) is 0 Å². The number of methoxy groups -OCH3 is 1. The van der Waals surface area contributed by atoms with Gasteiger partial charge in [-0.3, -0.25) is 14.9 Å². The molecule has 2 atom stereocenters. The number of benzene rings is 1. The van der Waals surface area contributed by atoms with Crippen LogP contribution >= 0.6 is 0 Å². The summed E-state index contributed by atoms with van der Waals surface area (Å²) in [4.78, 5) is 23.1. The van der Waals surface area contributed by atoms with Crippen LogP contribution in [-0.2, 0) is 9.59 Å². The van der Waals surface area contributed by atoms with E-state index in [0.29, 0.717) is 6.54 Å². The van der Waals surface area contributed by atoms with Crippen molar-refractivity contribution in [2.45, 2.75) is 19.0 Å². The molecule has 2 amide bonds. The van der Waals surface area contributed by atoms with Gasteiger partial charge in [-0.1, -0.05) is 12.1 Å². The van der Waals surface area contributed by atoms with E-state index in [9.17, 15) is 9.59 Å². The van der Waals surface area contributed by atoms with E-state index in [-0.39, 0.29) is 30.4 Å². The minimum Gasteiger partial charge on any atom is -0.497 e. The molecule has 3 N–H and O–H groups in total. The molecule has 6 heteroatoms. The van der Waals surface area contributed by atoms with E-state index in [1.54, 1.807) is 7.11 Å². The number of hydrogen-bond donors (Lipinski definition) is 3. The third-order valence-corrected chi connectivity index (χ3v) is 3.30. The topological polar surface area (TPSA) is 79.5 Å². The van der Waals surface area contributed by atoms with Crippen LogP contribution < -0.4 is 20.7 Å². The number of piperazine rings is 1. The first kappa shape index (κ1) is 14.3. The molecule has 1 fully saturated rings. The monoisotopic (exact) mass is 277 g/mol. The number of rotatable bonds is 4. The first-order valence-corrected chi connectivity index (χ1v) is 6.54. The summed E-state index contributed by atoms with van der Waals surface area (Å²) in [6.07, 6.45) is 0. The van der Waals surface area contributed by atoms with E-state index < -0.39 is 0 Å². The van der Waals surface area contributed by atoms with Crippen LogP contribution in [0.15, 0.2) is 24.3 Å². The van der Waals surface area contributed by atoms with Crippen LogP contribution in [0.2, 0.25) is 0 Å². The molecule has 6 nitrogen and oxygen atoms in total. The number of ether oxygens (including phenoxy) is 1. The molecule has 20 heavy (non-hydrogen) atoms. The minimum atomic E-state index is -0.381. The fourth-order valence-electron chi connectivity index (χ4n) is 2.04. The molecule has 1 heterocycles. The summed E-state index contributed by atoms with van der Waals surface area (Å²) in [6, 6.07) is 7.06. The number of carbonyl (C=O) groups is 2. The average molecular weight is 277 g/mol. The molecule has 2 rings (SSSR count). The molecule has 108 valence electrons. The zero-order valence-electron chi connectivity index (χ0n) is 11.6. The Morgan fingerprint density at radius 2 is 2.10 bits per heavy atom.